The fraction of sp³-hybridized carbons (Fsp3) is 0.381. The SMILES string of the molecule is CCOCCOc1cc(C)ccc1CNC(=NC)NCc1cccc(F)c1.I. The van der Waals surface area contributed by atoms with E-state index in [1.165, 1.54) is 12.1 Å². The fourth-order valence-corrected chi connectivity index (χ4v) is 2.53. The molecule has 0 bridgehead atoms. The monoisotopic (exact) mass is 501 g/mol. The number of guanidine groups is 1. The predicted octanol–water partition coefficient (Wildman–Crippen LogP) is 4.03. The van der Waals surface area contributed by atoms with Crippen molar-refractivity contribution in [3.8, 4) is 5.75 Å². The van der Waals surface area contributed by atoms with Gasteiger partial charge >= 0.3 is 0 Å². The van der Waals surface area contributed by atoms with Crippen molar-refractivity contribution in [2.45, 2.75) is 26.9 Å². The van der Waals surface area contributed by atoms with Gasteiger partial charge in [0.25, 0.3) is 0 Å². The van der Waals surface area contributed by atoms with Gasteiger partial charge in [0.15, 0.2) is 5.96 Å². The van der Waals surface area contributed by atoms with E-state index in [4.69, 9.17) is 9.47 Å². The first-order chi connectivity index (χ1) is 13.1. The van der Waals surface area contributed by atoms with Gasteiger partial charge < -0.3 is 20.1 Å². The predicted molar refractivity (Wildman–Crippen MR) is 122 cm³/mol. The number of halogens is 2. The van der Waals surface area contributed by atoms with Crippen molar-refractivity contribution in [1.29, 1.82) is 0 Å². The van der Waals surface area contributed by atoms with Crippen molar-refractivity contribution in [2.75, 3.05) is 26.9 Å². The molecule has 0 heterocycles. The molecule has 0 fully saturated rings. The van der Waals surface area contributed by atoms with E-state index in [2.05, 4.69) is 21.7 Å². The average Bonchev–Trinajstić information content (AvgIpc) is 2.66. The first-order valence-corrected chi connectivity index (χ1v) is 9.11. The summed E-state index contributed by atoms with van der Waals surface area (Å²) < 4.78 is 24.5. The summed E-state index contributed by atoms with van der Waals surface area (Å²) >= 11 is 0. The second-order valence-electron chi connectivity index (χ2n) is 6.07. The third-order valence-corrected chi connectivity index (χ3v) is 3.93. The number of rotatable bonds is 9. The van der Waals surface area contributed by atoms with E-state index in [0.29, 0.717) is 38.9 Å². The van der Waals surface area contributed by atoms with Crippen LogP contribution in [0.15, 0.2) is 47.5 Å². The summed E-state index contributed by atoms with van der Waals surface area (Å²) in [5.74, 6) is 1.23. The Morgan fingerprint density at radius 1 is 1.07 bits per heavy atom. The first-order valence-electron chi connectivity index (χ1n) is 9.11. The second kappa shape index (κ2) is 13.3. The van der Waals surface area contributed by atoms with Crippen LogP contribution in [0.25, 0.3) is 0 Å². The van der Waals surface area contributed by atoms with Gasteiger partial charge in [-0.15, -0.1) is 24.0 Å². The Morgan fingerprint density at radius 3 is 2.57 bits per heavy atom. The number of hydrogen-bond acceptors (Lipinski definition) is 3. The number of ether oxygens (including phenoxy) is 2. The lowest BCUT2D eigenvalue weighted by molar-refractivity contribution is 0.110. The molecule has 0 atom stereocenters. The third kappa shape index (κ3) is 8.43. The summed E-state index contributed by atoms with van der Waals surface area (Å²) in [5.41, 5.74) is 3.03. The zero-order valence-electron chi connectivity index (χ0n) is 16.6. The third-order valence-electron chi connectivity index (χ3n) is 3.93. The number of nitrogens with zero attached hydrogens (tertiary/aromatic N) is 1. The molecule has 2 aromatic rings. The molecule has 0 aliphatic heterocycles. The summed E-state index contributed by atoms with van der Waals surface area (Å²) in [6.45, 7) is 6.80. The Kier molecular flexibility index (Phi) is 11.5. The molecule has 5 nitrogen and oxygen atoms in total. The zero-order valence-corrected chi connectivity index (χ0v) is 19.0. The molecule has 0 aliphatic carbocycles. The average molecular weight is 501 g/mol. The minimum Gasteiger partial charge on any atom is -0.491 e. The van der Waals surface area contributed by atoms with Crippen LogP contribution in [-0.2, 0) is 17.8 Å². The van der Waals surface area contributed by atoms with Gasteiger partial charge in [-0.2, -0.15) is 0 Å². The van der Waals surface area contributed by atoms with Crippen molar-refractivity contribution in [1.82, 2.24) is 10.6 Å². The standard InChI is InChI=1S/C21H28FN3O2.HI/c1-4-26-10-11-27-20-12-16(2)8-9-18(20)15-25-21(23-3)24-14-17-6-5-7-19(22)13-17;/h5-9,12-13H,4,10-11,14-15H2,1-3H3,(H2,23,24,25);1H. The van der Waals surface area contributed by atoms with Crippen molar-refractivity contribution < 1.29 is 13.9 Å². The number of nitrogens with one attached hydrogen (secondary N) is 2. The molecule has 0 radical (unpaired) electrons. The van der Waals surface area contributed by atoms with Gasteiger partial charge in [-0.05, 0) is 43.2 Å². The Balaban J connectivity index is 0.00000392. The topological polar surface area (TPSA) is 54.9 Å². The molecular formula is C21H29FIN3O2. The van der Waals surface area contributed by atoms with E-state index in [1.54, 1.807) is 13.1 Å². The molecule has 7 heteroatoms. The number of aryl methyl sites for hydroxylation is 1. The highest BCUT2D eigenvalue weighted by molar-refractivity contribution is 14.0. The van der Waals surface area contributed by atoms with Gasteiger partial charge in [-0.25, -0.2) is 4.39 Å². The highest BCUT2D eigenvalue weighted by Crippen LogP contribution is 2.20. The summed E-state index contributed by atoms with van der Waals surface area (Å²) in [5, 5.41) is 6.45. The van der Waals surface area contributed by atoms with Crippen molar-refractivity contribution in [3.05, 3.63) is 65.0 Å². The molecule has 0 aromatic heterocycles. The van der Waals surface area contributed by atoms with Crippen LogP contribution in [0.4, 0.5) is 4.39 Å². The maximum absolute atomic E-state index is 13.3. The van der Waals surface area contributed by atoms with Crippen LogP contribution < -0.4 is 15.4 Å². The van der Waals surface area contributed by atoms with E-state index < -0.39 is 0 Å². The van der Waals surface area contributed by atoms with Gasteiger partial charge in [-0.3, -0.25) is 4.99 Å². The lowest BCUT2D eigenvalue weighted by Gasteiger charge is -2.15. The van der Waals surface area contributed by atoms with Crippen LogP contribution in [0, 0.1) is 12.7 Å². The molecule has 28 heavy (non-hydrogen) atoms. The first kappa shape index (κ1) is 24.2. The van der Waals surface area contributed by atoms with Crippen LogP contribution in [0.1, 0.15) is 23.6 Å². The molecule has 154 valence electrons. The Morgan fingerprint density at radius 2 is 1.86 bits per heavy atom. The molecule has 2 aromatic carbocycles. The maximum Gasteiger partial charge on any atom is 0.191 e. The van der Waals surface area contributed by atoms with Gasteiger partial charge in [0, 0.05) is 32.3 Å². The number of benzene rings is 2. The van der Waals surface area contributed by atoms with E-state index in [-0.39, 0.29) is 29.8 Å². The summed E-state index contributed by atoms with van der Waals surface area (Å²) in [7, 11) is 1.70. The summed E-state index contributed by atoms with van der Waals surface area (Å²) in [6, 6.07) is 12.6. The number of aliphatic imine (C=N–C) groups is 1. The van der Waals surface area contributed by atoms with E-state index in [9.17, 15) is 4.39 Å². The Labute approximate surface area is 183 Å². The largest absolute Gasteiger partial charge is 0.491 e. The normalized spacial score (nSPS) is 10.9. The van der Waals surface area contributed by atoms with E-state index in [1.807, 2.05) is 32.0 Å². The van der Waals surface area contributed by atoms with Gasteiger partial charge in [0.2, 0.25) is 0 Å². The Hall–Kier alpha value is -1.87. The second-order valence-corrected chi connectivity index (χ2v) is 6.07. The van der Waals surface area contributed by atoms with Crippen molar-refractivity contribution in [3.63, 3.8) is 0 Å². The van der Waals surface area contributed by atoms with Crippen LogP contribution in [0.5, 0.6) is 5.75 Å². The van der Waals surface area contributed by atoms with Gasteiger partial charge in [0.1, 0.15) is 18.2 Å². The molecule has 2 N–H and O–H groups in total. The quantitative estimate of drug-likeness (QED) is 0.236. The molecule has 0 saturated carbocycles. The lowest BCUT2D eigenvalue weighted by atomic mass is 10.1. The smallest absolute Gasteiger partial charge is 0.191 e. The highest BCUT2D eigenvalue weighted by atomic mass is 127. The van der Waals surface area contributed by atoms with Crippen LogP contribution in [-0.4, -0.2) is 32.8 Å². The van der Waals surface area contributed by atoms with Crippen LogP contribution in [0.3, 0.4) is 0 Å². The van der Waals surface area contributed by atoms with Crippen LogP contribution >= 0.6 is 24.0 Å². The molecule has 0 spiro atoms. The zero-order chi connectivity index (χ0) is 19.5. The molecular weight excluding hydrogens is 472 g/mol. The lowest BCUT2D eigenvalue weighted by Crippen LogP contribution is -2.36. The maximum atomic E-state index is 13.3. The minimum absolute atomic E-state index is 0. The van der Waals surface area contributed by atoms with Crippen molar-refractivity contribution in [2.24, 2.45) is 4.99 Å². The summed E-state index contributed by atoms with van der Waals surface area (Å²) in [4.78, 5) is 4.21. The highest BCUT2D eigenvalue weighted by Gasteiger charge is 2.06. The van der Waals surface area contributed by atoms with Gasteiger partial charge in [0.05, 0.1) is 6.61 Å². The molecule has 0 aliphatic rings. The van der Waals surface area contributed by atoms with Gasteiger partial charge in [-0.1, -0.05) is 24.3 Å². The molecule has 0 unspecified atom stereocenters. The molecule has 0 saturated heterocycles. The fourth-order valence-electron chi connectivity index (χ4n) is 2.53. The minimum atomic E-state index is -0.245. The number of hydrogen-bond donors (Lipinski definition) is 2. The van der Waals surface area contributed by atoms with Crippen LogP contribution in [0.2, 0.25) is 0 Å². The molecule has 0 amide bonds. The van der Waals surface area contributed by atoms with Crippen molar-refractivity contribution >= 4 is 29.9 Å². The summed E-state index contributed by atoms with van der Waals surface area (Å²) in [6.07, 6.45) is 0. The Bertz CT molecular complexity index is 756. The molecule has 2 rings (SSSR count). The van der Waals surface area contributed by atoms with E-state index >= 15 is 0 Å². The van der Waals surface area contributed by atoms with E-state index in [0.717, 1.165) is 22.4 Å².